The molecule has 2 N–H and O–H groups in total. The summed E-state index contributed by atoms with van der Waals surface area (Å²) in [5.74, 6) is 1.15. The van der Waals surface area contributed by atoms with E-state index in [1.165, 1.54) is 5.56 Å². The van der Waals surface area contributed by atoms with Crippen molar-refractivity contribution in [3.05, 3.63) is 48.7 Å². The van der Waals surface area contributed by atoms with Crippen molar-refractivity contribution in [3.8, 4) is 0 Å². The van der Waals surface area contributed by atoms with Crippen LogP contribution in [0.4, 0.5) is 17.5 Å². The minimum absolute atomic E-state index is 0.485. The summed E-state index contributed by atoms with van der Waals surface area (Å²) in [6.45, 7) is 6.36. The Bertz CT molecular complexity index is 553. The van der Waals surface area contributed by atoms with Crippen molar-refractivity contribution in [2.75, 3.05) is 17.2 Å². The number of benzene rings is 1. The first-order valence-electron chi connectivity index (χ1n) is 6.23. The predicted molar refractivity (Wildman–Crippen MR) is 77.6 cm³/mol. The largest absolute Gasteiger partial charge is 0.349 e. The van der Waals surface area contributed by atoms with E-state index in [-0.39, 0.29) is 0 Å². The van der Waals surface area contributed by atoms with Gasteiger partial charge in [-0.25, -0.2) is 0 Å². The highest BCUT2D eigenvalue weighted by molar-refractivity contribution is 5.60. The fourth-order valence-electron chi connectivity index (χ4n) is 1.69. The Morgan fingerprint density at radius 3 is 2.95 bits per heavy atom. The molecule has 1 aromatic carbocycles. The fourth-order valence-corrected chi connectivity index (χ4v) is 1.69. The smallest absolute Gasteiger partial charge is 0.244 e. The highest BCUT2D eigenvalue weighted by Crippen LogP contribution is 2.19. The van der Waals surface area contributed by atoms with Crippen LogP contribution in [0.15, 0.2) is 43.1 Å². The lowest BCUT2D eigenvalue weighted by molar-refractivity contribution is 0.967. The first-order valence-corrected chi connectivity index (χ1v) is 6.23. The SMILES string of the molecule is C=CCNc1nncc(Nc2ccccc2CC)n1. The summed E-state index contributed by atoms with van der Waals surface area (Å²) in [6.07, 6.45) is 4.31. The Hall–Kier alpha value is -2.43. The van der Waals surface area contributed by atoms with Crippen LogP contribution in [0.3, 0.4) is 0 Å². The highest BCUT2D eigenvalue weighted by Gasteiger charge is 2.03. The van der Waals surface area contributed by atoms with Gasteiger partial charge in [-0.1, -0.05) is 31.2 Å². The zero-order valence-electron chi connectivity index (χ0n) is 10.9. The molecule has 5 nitrogen and oxygen atoms in total. The van der Waals surface area contributed by atoms with E-state index in [9.17, 15) is 0 Å². The van der Waals surface area contributed by atoms with Gasteiger partial charge >= 0.3 is 0 Å². The third-order valence-electron chi connectivity index (χ3n) is 2.62. The average molecular weight is 255 g/mol. The molecule has 2 aromatic rings. The Morgan fingerprint density at radius 2 is 2.16 bits per heavy atom. The quantitative estimate of drug-likeness (QED) is 0.777. The normalized spacial score (nSPS) is 9.95. The van der Waals surface area contributed by atoms with Crippen LogP contribution in [-0.2, 0) is 6.42 Å². The van der Waals surface area contributed by atoms with Gasteiger partial charge in [0.2, 0.25) is 5.95 Å². The summed E-state index contributed by atoms with van der Waals surface area (Å²) >= 11 is 0. The molecule has 0 saturated heterocycles. The van der Waals surface area contributed by atoms with Crippen molar-refractivity contribution in [1.29, 1.82) is 0 Å². The molecule has 98 valence electrons. The van der Waals surface area contributed by atoms with Crippen LogP contribution < -0.4 is 10.6 Å². The van der Waals surface area contributed by atoms with Crippen LogP contribution in [0, 0.1) is 0 Å². The number of nitrogens with one attached hydrogen (secondary N) is 2. The third kappa shape index (κ3) is 3.51. The number of para-hydroxylation sites is 1. The number of rotatable bonds is 6. The van der Waals surface area contributed by atoms with E-state index in [2.05, 4.69) is 45.4 Å². The van der Waals surface area contributed by atoms with Gasteiger partial charge in [0.1, 0.15) is 0 Å². The summed E-state index contributed by atoms with van der Waals surface area (Å²) in [5, 5.41) is 14.1. The summed E-state index contributed by atoms with van der Waals surface area (Å²) in [7, 11) is 0. The third-order valence-corrected chi connectivity index (χ3v) is 2.62. The summed E-state index contributed by atoms with van der Waals surface area (Å²) in [5.41, 5.74) is 2.28. The van der Waals surface area contributed by atoms with Gasteiger partial charge in [-0.05, 0) is 18.1 Å². The van der Waals surface area contributed by atoms with Crippen LogP contribution in [0.2, 0.25) is 0 Å². The lowest BCUT2D eigenvalue weighted by Gasteiger charge is -2.10. The molecule has 0 unspecified atom stereocenters. The number of hydrogen-bond acceptors (Lipinski definition) is 5. The standard InChI is InChI=1S/C14H17N5/c1-3-9-15-14-18-13(10-16-19-14)17-12-8-6-5-7-11(12)4-2/h3,5-8,10H,1,4,9H2,2H3,(H2,15,17,18,19). The number of aryl methyl sites for hydroxylation is 1. The average Bonchev–Trinajstić information content (AvgIpc) is 2.46. The monoisotopic (exact) mass is 255 g/mol. The Balaban J connectivity index is 2.16. The number of nitrogens with zero attached hydrogens (tertiary/aromatic N) is 3. The highest BCUT2D eigenvalue weighted by atomic mass is 15.3. The Morgan fingerprint density at radius 1 is 1.32 bits per heavy atom. The molecule has 5 heteroatoms. The molecule has 0 bridgehead atoms. The van der Waals surface area contributed by atoms with E-state index in [0.717, 1.165) is 12.1 Å². The predicted octanol–water partition coefficient (Wildman–Crippen LogP) is 2.78. The zero-order valence-corrected chi connectivity index (χ0v) is 10.9. The minimum atomic E-state index is 0.485. The van der Waals surface area contributed by atoms with Crippen LogP contribution in [0.25, 0.3) is 0 Å². The van der Waals surface area contributed by atoms with Gasteiger partial charge in [0.25, 0.3) is 0 Å². The molecular weight excluding hydrogens is 238 g/mol. The van der Waals surface area contributed by atoms with Crippen LogP contribution in [0.5, 0.6) is 0 Å². The van der Waals surface area contributed by atoms with Gasteiger partial charge in [-0.3, -0.25) is 0 Å². The molecule has 0 aliphatic heterocycles. The van der Waals surface area contributed by atoms with E-state index in [4.69, 9.17) is 0 Å². The van der Waals surface area contributed by atoms with E-state index >= 15 is 0 Å². The van der Waals surface area contributed by atoms with Gasteiger partial charge in [-0.2, -0.15) is 10.1 Å². The van der Waals surface area contributed by atoms with Crippen LogP contribution in [0.1, 0.15) is 12.5 Å². The first-order chi connectivity index (χ1) is 9.33. The lowest BCUT2D eigenvalue weighted by Crippen LogP contribution is -2.06. The van der Waals surface area contributed by atoms with Crippen molar-refractivity contribution in [3.63, 3.8) is 0 Å². The second kappa shape index (κ2) is 6.49. The van der Waals surface area contributed by atoms with Gasteiger partial charge in [0.15, 0.2) is 5.82 Å². The van der Waals surface area contributed by atoms with Crippen LogP contribution >= 0.6 is 0 Å². The van der Waals surface area contributed by atoms with Gasteiger partial charge in [0.05, 0.1) is 6.20 Å². The van der Waals surface area contributed by atoms with E-state index < -0.39 is 0 Å². The van der Waals surface area contributed by atoms with Crippen molar-refractivity contribution in [2.24, 2.45) is 0 Å². The lowest BCUT2D eigenvalue weighted by atomic mass is 10.1. The molecule has 0 radical (unpaired) electrons. The first kappa shape index (κ1) is 13.0. The molecular formula is C14H17N5. The summed E-state index contributed by atoms with van der Waals surface area (Å²) in [6, 6.07) is 8.14. The Kier molecular flexibility index (Phi) is 4.44. The summed E-state index contributed by atoms with van der Waals surface area (Å²) in [4.78, 5) is 4.34. The molecule has 2 rings (SSSR count). The van der Waals surface area contributed by atoms with Crippen LogP contribution in [-0.4, -0.2) is 21.7 Å². The molecule has 0 saturated carbocycles. The molecule has 1 aromatic heterocycles. The molecule has 0 aliphatic carbocycles. The molecule has 0 fully saturated rings. The summed E-state index contributed by atoms with van der Waals surface area (Å²) < 4.78 is 0. The number of anilines is 3. The van der Waals surface area contributed by atoms with Crippen molar-refractivity contribution >= 4 is 17.5 Å². The molecule has 19 heavy (non-hydrogen) atoms. The maximum Gasteiger partial charge on any atom is 0.244 e. The second-order valence-corrected chi connectivity index (χ2v) is 3.97. The van der Waals surface area contributed by atoms with Gasteiger partial charge < -0.3 is 10.6 Å². The molecule has 0 amide bonds. The zero-order chi connectivity index (χ0) is 13.5. The molecule has 0 aliphatic rings. The van der Waals surface area contributed by atoms with E-state index in [1.807, 2.05) is 18.2 Å². The van der Waals surface area contributed by atoms with Crippen molar-refractivity contribution in [2.45, 2.75) is 13.3 Å². The van der Waals surface area contributed by atoms with Crippen molar-refractivity contribution < 1.29 is 0 Å². The topological polar surface area (TPSA) is 62.7 Å². The van der Waals surface area contributed by atoms with E-state index in [0.29, 0.717) is 18.3 Å². The van der Waals surface area contributed by atoms with Gasteiger partial charge in [0, 0.05) is 12.2 Å². The number of aromatic nitrogens is 3. The maximum absolute atomic E-state index is 4.34. The maximum atomic E-state index is 4.34. The minimum Gasteiger partial charge on any atom is -0.349 e. The number of hydrogen-bond donors (Lipinski definition) is 2. The van der Waals surface area contributed by atoms with Crippen molar-refractivity contribution in [1.82, 2.24) is 15.2 Å². The fraction of sp³-hybridized carbons (Fsp3) is 0.214. The van der Waals surface area contributed by atoms with Gasteiger partial charge in [-0.15, -0.1) is 11.7 Å². The molecule has 0 spiro atoms. The Labute approximate surface area is 112 Å². The van der Waals surface area contributed by atoms with E-state index in [1.54, 1.807) is 12.3 Å². The molecule has 1 heterocycles. The molecule has 0 atom stereocenters. The second-order valence-electron chi connectivity index (χ2n) is 3.97.